The minimum absolute atomic E-state index is 0.250. The molecule has 2 amide bonds. The molecule has 1 aliphatic rings. The van der Waals surface area contributed by atoms with E-state index in [1.54, 1.807) is 0 Å². The lowest BCUT2D eigenvalue weighted by atomic mass is 10.0. The molecule has 18 heavy (non-hydrogen) atoms. The van der Waals surface area contributed by atoms with Crippen LogP contribution in [0.15, 0.2) is 0 Å². The normalized spacial score (nSPS) is 14.3. The molecule has 1 aromatic rings. The largest absolute Gasteiger partial charge is 0.390 e. The van der Waals surface area contributed by atoms with Crippen LogP contribution in [0, 0.1) is 0 Å². The summed E-state index contributed by atoms with van der Waals surface area (Å²) in [5.74, 6) is -0.394. The van der Waals surface area contributed by atoms with Crippen molar-refractivity contribution in [3.05, 3.63) is 16.0 Å². The lowest BCUT2D eigenvalue weighted by Gasteiger charge is -2.25. The van der Waals surface area contributed by atoms with E-state index in [2.05, 4.69) is 17.6 Å². The summed E-state index contributed by atoms with van der Waals surface area (Å²) in [6.45, 7) is 5.05. The zero-order chi connectivity index (χ0) is 13.7. The zero-order valence-corrected chi connectivity index (χ0v) is 11.1. The number of hydrogen-bond donors (Lipinski definition) is 3. The molecule has 0 radical (unpaired) electrons. The lowest BCUT2D eigenvalue weighted by Crippen LogP contribution is -2.30. The van der Waals surface area contributed by atoms with Crippen LogP contribution < -0.4 is 17.2 Å². The number of anilines is 1. The van der Waals surface area contributed by atoms with Gasteiger partial charge in [-0.25, -0.2) is 0 Å². The van der Waals surface area contributed by atoms with Crippen molar-refractivity contribution in [2.45, 2.75) is 19.9 Å². The van der Waals surface area contributed by atoms with E-state index < -0.39 is 5.91 Å². The fraction of sp³-hybridized carbons (Fsp3) is 0.455. The first kappa shape index (κ1) is 14.5. The van der Waals surface area contributed by atoms with Crippen LogP contribution in [0.5, 0.6) is 0 Å². The monoisotopic (exact) mass is 270 g/mol. The maximum Gasteiger partial charge on any atom is 0.251 e. The average Bonchev–Trinajstić information content (AvgIpc) is 2.64. The Kier molecular flexibility index (Phi) is 5.11. The van der Waals surface area contributed by atoms with Crippen molar-refractivity contribution < 1.29 is 9.59 Å². The van der Waals surface area contributed by atoms with Crippen LogP contribution in [0.3, 0.4) is 0 Å². The molecule has 1 aliphatic heterocycles. The first-order valence-electron chi connectivity index (χ1n) is 5.62. The summed E-state index contributed by atoms with van der Waals surface area (Å²) in [5.41, 5.74) is 16.9. The van der Waals surface area contributed by atoms with Gasteiger partial charge in [0.15, 0.2) is 0 Å². The van der Waals surface area contributed by atoms with Crippen LogP contribution in [0.2, 0.25) is 0 Å². The van der Waals surface area contributed by atoms with Crippen LogP contribution in [-0.4, -0.2) is 30.3 Å². The molecule has 0 saturated heterocycles. The van der Waals surface area contributed by atoms with Crippen molar-refractivity contribution in [2.75, 3.05) is 18.8 Å². The van der Waals surface area contributed by atoms with Gasteiger partial charge in [0.05, 0.1) is 10.6 Å². The Bertz CT molecular complexity index is 444. The summed E-state index contributed by atoms with van der Waals surface area (Å²) >= 11 is 1.50. The standard InChI is InChI=1S/C10H15N3OS.CH3NO/c1-2-13-4-3-6-7(5-13)15-10(12)8(6)9(11)14;2-1-3/h2-5,12H2,1H3,(H2,11,14);1H,(H2,2,3). The molecule has 0 bridgehead atoms. The van der Waals surface area contributed by atoms with Crippen molar-refractivity contribution >= 4 is 28.7 Å². The van der Waals surface area contributed by atoms with E-state index in [0.29, 0.717) is 10.6 Å². The van der Waals surface area contributed by atoms with Gasteiger partial charge in [-0.15, -0.1) is 11.3 Å². The fourth-order valence-electron chi connectivity index (χ4n) is 2.02. The molecule has 7 heteroatoms. The molecule has 0 saturated carbocycles. The zero-order valence-electron chi connectivity index (χ0n) is 10.3. The molecule has 6 nitrogen and oxygen atoms in total. The van der Waals surface area contributed by atoms with Gasteiger partial charge < -0.3 is 17.2 Å². The Labute approximate surface area is 110 Å². The predicted molar refractivity (Wildman–Crippen MR) is 72.2 cm³/mol. The van der Waals surface area contributed by atoms with Gasteiger partial charge in [-0.2, -0.15) is 0 Å². The maximum atomic E-state index is 11.2. The molecule has 0 aromatic carbocycles. The number of thiophene rings is 1. The van der Waals surface area contributed by atoms with E-state index in [-0.39, 0.29) is 6.41 Å². The van der Waals surface area contributed by atoms with Crippen LogP contribution >= 0.6 is 11.3 Å². The van der Waals surface area contributed by atoms with Crippen molar-refractivity contribution in [3.63, 3.8) is 0 Å². The van der Waals surface area contributed by atoms with Crippen LogP contribution in [0.4, 0.5) is 5.00 Å². The van der Waals surface area contributed by atoms with E-state index in [9.17, 15) is 4.79 Å². The summed E-state index contributed by atoms with van der Waals surface area (Å²) in [7, 11) is 0. The highest BCUT2D eigenvalue weighted by molar-refractivity contribution is 7.16. The van der Waals surface area contributed by atoms with Gasteiger partial charge in [0.2, 0.25) is 6.41 Å². The molecular weight excluding hydrogens is 252 g/mol. The third-order valence-corrected chi connectivity index (χ3v) is 3.90. The fourth-order valence-corrected chi connectivity index (χ4v) is 3.18. The highest BCUT2D eigenvalue weighted by atomic mass is 32.1. The number of nitrogen functional groups attached to an aromatic ring is 1. The van der Waals surface area contributed by atoms with E-state index in [1.165, 1.54) is 16.2 Å². The minimum Gasteiger partial charge on any atom is -0.390 e. The van der Waals surface area contributed by atoms with Gasteiger partial charge in [0.1, 0.15) is 0 Å². The first-order valence-corrected chi connectivity index (χ1v) is 6.44. The second-order valence-electron chi connectivity index (χ2n) is 3.86. The molecule has 1 aromatic heterocycles. The van der Waals surface area contributed by atoms with Crippen molar-refractivity contribution in [1.29, 1.82) is 0 Å². The number of likely N-dealkylation sites (N-methyl/N-ethyl adjacent to an activating group) is 1. The van der Waals surface area contributed by atoms with Crippen molar-refractivity contribution in [3.8, 4) is 0 Å². The van der Waals surface area contributed by atoms with E-state index >= 15 is 0 Å². The average molecular weight is 270 g/mol. The molecule has 0 spiro atoms. The highest BCUT2D eigenvalue weighted by Crippen LogP contribution is 2.34. The SMILES string of the molecule is CCN1CCc2c(sc(N)c2C(N)=O)C1.NC=O. The van der Waals surface area contributed by atoms with Gasteiger partial charge >= 0.3 is 0 Å². The molecule has 0 atom stereocenters. The molecule has 6 N–H and O–H groups in total. The number of hydrogen-bond acceptors (Lipinski definition) is 5. The Hall–Kier alpha value is -1.60. The molecule has 0 aliphatic carbocycles. The number of nitrogens with two attached hydrogens (primary N) is 3. The first-order chi connectivity index (χ1) is 8.54. The second kappa shape index (κ2) is 6.36. The second-order valence-corrected chi connectivity index (χ2v) is 5.00. The Balaban J connectivity index is 0.000000492. The maximum absolute atomic E-state index is 11.2. The number of fused-ring (bicyclic) bond motifs is 1. The number of carbonyl (C=O) groups excluding carboxylic acids is 2. The summed E-state index contributed by atoms with van der Waals surface area (Å²) < 4.78 is 0. The Morgan fingerprint density at radius 2 is 2.17 bits per heavy atom. The van der Waals surface area contributed by atoms with Crippen LogP contribution in [-0.2, 0) is 17.8 Å². The molecule has 0 unspecified atom stereocenters. The summed E-state index contributed by atoms with van der Waals surface area (Å²) in [6, 6.07) is 0. The van der Waals surface area contributed by atoms with Crippen molar-refractivity contribution in [2.24, 2.45) is 11.5 Å². The van der Waals surface area contributed by atoms with E-state index in [1.807, 2.05) is 0 Å². The number of amides is 2. The Morgan fingerprint density at radius 3 is 2.67 bits per heavy atom. The summed E-state index contributed by atoms with van der Waals surface area (Å²) in [5, 5.41) is 0.574. The summed E-state index contributed by atoms with van der Waals surface area (Å²) in [4.78, 5) is 23.4. The van der Waals surface area contributed by atoms with Gasteiger partial charge in [-0.1, -0.05) is 6.92 Å². The third kappa shape index (κ3) is 2.99. The number of nitrogens with zero attached hydrogens (tertiary/aromatic N) is 1. The van der Waals surface area contributed by atoms with E-state index in [0.717, 1.165) is 31.6 Å². The van der Waals surface area contributed by atoms with Crippen molar-refractivity contribution in [1.82, 2.24) is 4.90 Å². The molecule has 100 valence electrons. The number of primary amides is 2. The van der Waals surface area contributed by atoms with Crippen LogP contribution in [0.1, 0.15) is 27.7 Å². The topological polar surface area (TPSA) is 115 Å². The van der Waals surface area contributed by atoms with Gasteiger partial charge in [0.25, 0.3) is 5.91 Å². The van der Waals surface area contributed by atoms with Crippen LogP contribution in [0.25, 0.3) is 0 Å². The number of carbonyl (C=O) groups is 2. The molecule has 0 fully saturated rings. The third-order valence-electron chi connectivity index (χ3n) is 2.86. The minimum atomic E-state index is -0.394. The smallest absolute Gasteiger partial charge is 0.251 e. The predicted octanol–water partition coefficient (Wildman–Crippen LogP) is -0.0913. The quantitative estimate of drug-likeness (QED) is 0.651. The molecule has 2 heterocycles. The molecule has 2 rings (SSSR count). The highest BCUT2D eigenvalue weighted by Gasteiger charge is 2.24. The van der Waals surface area contributed by atoms with Gasteiger partial charge in [-0.3, -0.25) is 14.5 Å². The number of rotatable bonds is 2. The Morgan fingerprint density at radius 1 is 1.56 bits per heavy atom. The van der Waals surface area contributed by atoms with E-state index in [4.69, 9.17) is 16.3 Å². The summed E-state index contributed by atoms with van der Waals surface area (Å²) in [6.07, 6.45) is 1.13. The lowest BCUT2D eigenvalue weighted by molar-refractivity contribution is -0.106. The van der Waals surface area contributed by atoms with Gasteiger partial charge in [-0.05, 0) is 18.5 Å². The molecular formula is C11H18N4O2S. The van der Waals surface area contributed by atoms with Gasteiger partial charge in [0, 0.05) is 18.0 Å².